The molecule has 0 aliphatic carbocycles. The summed E-state index contributed by atoms with van der Waals surface area (Å²) in [4.78, 5) is 13.9. The van der Waals surface area contributed by atoms with Crippen molar-refractivity contribution in [2.75, 3.05) is 18.9 Å². The SMILES string of the molecule is Cc1nnc(NC(=O)C2CCCN2C)s1. The van der Waals surface area contributed by atoms with Gasteiger partial charge >= 0.3 is 0 Å². The third-order valence-corrected chi connectivity index (χ3v) is 3.33. The summed E-state index contributed by atoms with van der Waals surface area (Å²) in [5.41, 5.74) is 0. The number of aromatic nitrogens is 2. The zero-order valence-corrected chi connectivity index (χ0v) is 9.67. The first-order valence-electron chi connectivity index (χ1n) is 4.98. The van der Waals surface area contributed by atoms with Gasteiger partial charge in [-0.05, 0) is 33.4 Å². The molecule has 15 heavy (non-hydrogen) atoms. The van der Waals surface area contributed by atoms with Crippen molar-refractivity contribution in [3.63, 3.8) is 0 Å². The molecular weight excluding hydrogens is 212 g/mol. The van der Waals surface area contributed by atoms with Crippen LogP contribution in [0.1, 0.15) is 17.8 Å². The van der Waals surface area contributed by atoms with Crippen LogP contribution in [0.4, 0.5) is 5.13 Å². The third kappa shape index (κ3) is 2.32. The van der Waals surface area contributed by atoms with Gasteiger partial charge in [0, 0.05) is 0 Å². The van der Waals surface area contributed by atoms with Crippen molar-refractivity contribution in [3.05, 3.63) is 5.01 Å². The summed E-state index contributed by atoms with van der Waals surface area (Å²) in [7, 11) is 1.97. The van der Waals surface area contributed by atoms with Gasteiger partial charge in [0.2, 0.25) is 11.0 Å². The van der Waals surface area contributed by atoms with Crippen LogP contribution in [0, 0.1) is 6.92 Å². The Morgan fingerprint density at radius 2 is 2.40 bits per heavy atom. The molecule has 1 aromatic rings. The monoisotopic (exact) mass is 226 g/mol. The molecule has 82 valence electrons. The molecular formula is C9H14N4OS. The van der Waals surface area contributed by atoms with Crippen LogP contribution in [0.5, 0.6) is 0 Å². The van der Waals surface area contributed by atoms with E-state index in [1.165, 1.54) is 11.3 Å². The molecule has 1 aliphatic rings. The molecule has 0 spiro atoms. The maximum Gasteiger partial charge on any atom is 0.243 e. The van der Waals surface area contributed by atoms with E-state index < -0.39 is 0 Å². The van der Waals surface area contributed by atoms with Crippen LogP contribution in [0.2, 0.25) is 0 Å². The van der Waals surface area contributed by atoms with Gasteiger partial charge in [-0.25, -0.2) is 0 Å². The highest BCUT2D eigenvalue weighted by molar-refractivity contribution is 7.15. The molecule has 0 saturated carbocycles. The van der Waals surface area contributed by atoms with Crippen LogP contribution in [0.25, 0.3) is 0 Å². The summed E-state index contributed by atoms with van der Waals surface area (Å²) in [6.45, 7) is 2.86. The van der Waals surface area contributed by atoms with Crippen molar-refractivity contribution in [2.45, 2.75) is 25.8 Å². The molecule has 5 nitrogen and oxygen atoms in total. The molecule has 2 rings (SSSR count). The lowest BCUT2D eigenvalue weighted by Gasteiger charge is -2.17. The summed E-state index contributed by atoms with van der Waals surface area (Å²) in [5, 5.41) is 12.0. The second kappa shape index (κ2) is 4.24. The Morgan fingerprint density at radius 3 is 2.93 bits per heavy atom. The molecule has 0 aromatic carbocycles. The highest BCUT2D eigenvalue weighted by atomic mass is 32.1. The minimum absolute atomic E-state index is 0.00536. The first kappa shape index (κ1) is 10.5. The molecule has 2 heterocycles. The van der Waals surface area contributed by atoms with Crippen LogP contribution >= 0.6 is 11.3 Å². The summed E-state index contributed by atoms with van der Waals surface area (Å²) in [6, 6.07) is -0.00536. The number of nitrogens with zero attached hydrogens (tertiary/aromatic N) is 3. The Hall–Kier alpha value is -1.01. The fourth-order valence-corrected chi connectivity index (χ4v) is 2.37. The van der Waals surface area contributed by atoms with Crippen LogP contribution in [-0.4, -0.2) is 40.6 Å². The number of hydrogen-bond acceptors (Lipinski definition) is 5. The summed E-state index contributed by atoms with van der Waals surface area (Å²) in [5.74, 6) is 0.0335. The number of aryl methyl sites for hydroxylation is 1. The smallest absolute Gasteiger partial charge is 0.243 e. The van der Waals surface area contributed by atoms with Crippen molar-refractivity contribution in [1.29, 1.82) is 0 Å². The molecule has 0 radical (unpaired) electrons. The van der Waals surface area contributed by atoms with Gasteiger partial charge in [-0.1, -0.05) is 11.3 Å². The second-order valence-corrected chi connectivity index (χ2v) is 4.94. The quantitative estimate of drug-likeness (QED) is 0.813. The molecule has 0 bridgehead atoms. The Morgan fingerprint density at radius 1 is 1.60 bits per heavy atom. The average molecular weight is 226 g/mol. The molecule has 1 amide bonds. The Kier molecular flexibility index (Phi) is 2.97. The number of likely N-dealkylation sites (tertiary alicyclic amines) is 1. The third-order valence-electron chi connectivity index (χ3n) is 2.58. The Labute approximate surface area is 92.5 Å². The molecule has 1 aliphatic heterocycles. The Balaban J connectivity index is 1.97. The van der Waals surface area contributed by atoms with Gasteiger partial charge in [-0.2, -0.15) is 0 Å². The zero-order chi connectivity index (χ0) is 10.8. The van der Waals surface area contributed by atoms with Crippen molar-refractivity contribution < 1.29 is 4.79 Å². The number of nitrogens with one attached hydrogen (secondary N) is 1. The number of carbonyl (C=O) groups excluding carboxylic acids is 1. The van der Waals surface area contributed by atoms with Crippen molar-refractivity contribution in [1.82, 2.24) is 15.1 Å². The molecule has 1 saturated heterocycles. The highest BCUT2D eigenvalue weighted by Crippen LogP contribution is 2.18. The van der Waals surface area contributed by atoms with Gasteiger partial charge < -0.3 is 0 Å². The van der Waals surface area contributed by atoms with E-state index in [0.29, 0.717) is 5.13 Å². The summed E-state index contributed by atoms with van der Waals surface area (Å²) in [6.07, 6.45) is 2.02. The molecule has 1 fully saturated rings. The largest absolute Gasteiger partial charge is 0.299 e. The van der Waals surface area contributed by atoms with E-state index in [9.17, 15) is 4.79 Å². The van der Waals surface area contributed by atoms with E-state index >= 15 is 0 Å². The number of anilines is 1. The van der Waals surface area contributed by atoms with E-state index in [4.69, 9.17) is 0 Å². The number of hydrogen-bond donors (Lipinski definition) is 1. The molecule has 1 N–H and O–H groups in total. The predicted molar refractivity (Wildman–Crippen MR) is 58.9 cm³/mol. The van der Waals surface area contributed by atoms with Gasteiger partial charge in [-0.15, -0.1) is 10.2 Å². The van der Waals surface area contributed by atoms with Gasteiger partial charge in [0.1, 0.15) is 5.01 Å². The standard InChI is InChI=1S/C9H14N4OS/c1-6-11-12-9(15-6)10-8(14)7-4-3-5-13(7)2/h7H,3-5H2,1-2H3,(H,10,12,14). The first-order chi connectivity index (χ1) is 7.16. The lowest BCUT2D eigenvalue weighted by atomic mass is 10.2. The van der Waals surface area contributed by atoms with Crippen LogP contribution < -0.4 is 5.32 Å². The Bertz CT molecular complexity index is 365. The van der Waals surface area contributed by atoms with E-state index in [1.807, 2.05) is 14.0 Å². The number of carbonyl (C=O) groups is 1. The van der Waals surface area contributed by atoms with E-state index in [1.54, 1.807) is 0 Å². The van der Waals surface area contributed by atoms with E-state index in [2.05, 4.69) is 20.4 Å². The average Bonchev–Trinajstić information content (AvgIpc) is 2.75. The molecule has 1 atom stereocenters. The van der Waals surface area contributed by atoms with Gasteiger partial charge in [-0.3, -0.25) is 15.0 Å². The normalized spacial score (nSPS) is 21.9. The summed E-state index contributed by atoms with van der Waals surface area (Å²) >= 11 is 1.40. The molecule has 1 unspecified atom stereocenters. The fraction of sp³-hybridized carbons (Fsp3) is 0.667. The minimum Gasteiger partial charge on any atom is -0.299 e. The molecule has 6 heteroatoms. The molecule has 1 aromatic heterocycles. The zero-order valence-electron chi connectivity index (χ0n) is 8.86. The van der Waals surface area contributed by atoms with Crippen LogP contribution in [-0.2, 0) is 4.79 Å². The van der Waals surface area contributed by atoms with Crippen LogP contribution in [0.15, 0.2) is 0 Å². The van der Waals surface area contributed by atoms with E-state index in [-0.39, 0.29) is 11.9 Å². The van der Waals surface area contributed by atoms with Crippen molar-refractivity contribution >= 4 is 22.4 Å². The van der Waals surface area contributed by atoms with Crippen LogP contribution in [0.3, 0.4) is 0 Å². The lowest BCUT2D eigenvalue weighted by molar-refractivity contribution is -0.119. The van der Waals surface area contributed by atoms with Gasteiger partial charge in [0.25, 0.3) is 0 Å². The number of likely N-dealkylation sites (N-methyl/N-ethyl adjacent to an activating group) is 1. The fourth-order valence-electron chi connectivity index (χ4n) is 1.78. The van der Waals surface area contributed by atoms with E-state index in [0.717, 1.165) is 24.4 Å². The van der Waals surface area contributed by atoms with Crippen molar-refractivity contribution in [2.24, 2.45) is 0 Å². The maximum atomic E-state index is 11.8. The second-order valence-electron chi connectivity index (χ2n) is 3.75. The lowest BCUT2D eigenvalue weighted by Crippen LogP contribution is -2.37. The summed E-state index contributed by atoms with van der Waals surface area (Å²) < 4.78 is 0. The highest BCUT2D eigenvalue weighted by Gasteiger charge is 2.28. The topological polar surface area (TPSA) is 58.1 Å². The predicted octanol–water partition coefficient (Wildman–Crippen LogP) is 0.879. The maximum absolute atomic E-state index is 11.8. The number of rotatable bonds is 2. The van der Waals surface area contributed by atoms with Gasteiger partial charge in [0.15, 0.2) is 0 Å². The first-order valence-corrected chi connectivity index (χ1v) is 5.79. The van der Waals surface area contributed by atoms with Gasteiger partial charge in [0.05, 0.1) is 6.04 Å². The van der Waals surface area contributed by atoms with Crippen molar-refractivity contribution in [3.8, 4) is 0 Å². The number of amides is 1. The minimum atomic E-state index is -0.00536.